The molecule has 3 aromatic carbocycles. The van der Waals surface area contributed by atoms with E-state index in [4.69, 9.17) is 5.11 Å². The molecular formula is C36H40FN5O4. The van der Waals surface area contributed by atoms with Crippen LogP contribution >= 0.6 is 0 Å². The lowest BCUT2D eigenvalue weighted by molar-refractivity contribution is 0.0786. The van der Waals surface area contributed by atoms with Crippen LogP contribution in [0.15, 0.2) is 85.1 Å². The number of hydrogen-bond acceptors (Lipinski definition) is 6. The van der Waals surface area contributed by atoms with Crippen LogP contribution in [0.3, 0.4) is 0 Å². The van der Waals surface area contributed by atoms with Crippen LogP contribution in [-0.4, -0.2) is 87.0 Å². The number of hydrogen-bond donors (Lipinski definition) is 3. The van der Waals surface area contributed by atoms with E-state index in [0.29, 0.717) is 30.1 Å². The molecular weight excluding hydrogens is 585 g/mol. The van der Waals surface area contributed by atoms with Crippen LogP contribution in [0.2, 0.25) is 0 Å². The molecule has 10 heteroatoms. The summed E-state index contributed by atoms with van der Waals surface area (Å²) in [5.74, 6) is -0.200. The van der Waals surface area contributed by atoms with Crippen LogP contribution in [-0.2, 0) is 6.54 Å². The molecule has 1 unspecified atom stereocenters. The van der Waals surface area contributed by atoms with Crippen molar-refractivity contribution in [2.45, 2.75) is 43.7 Å². The van der Waals surface area contributed by atoms with Crippen LogP contribution in [0.4, 0.5) is 4.39 Å². The fraction of sp³-hybridized carbons (Fsp3) is 0.361. The van der Waals surface area contributed by atoms with Gasteiger partial charge in [0.25, 0.3) is 11.8 Å². The Bertz CT molecular complexity index is 1620. The molecule has 2 amide bonds. The number of carbonyl (C=O) groups excluding carboxylic acids is 2. The van der Waals surface area contributed by atoms with Gasteiger partial charge in [0.2, 0.25) is 0 Å². The third-order valence-electron chi connectivity index (χ3n) is 9.16. The minimum atomic E-state index is -0.984. The number of carbonyl (C=O) groups is 2. The van der Waals surface area contributed by atoms with Gasteiger partial charge < -0.3 is 20.4 Å². The highest BCUT2D eigenvalue weighted by molar-refractivity contribution is 5.96. The fourth-order valence-electron chi connectivity index (χ4n) is 6.58. The van der Waals surface area contributed by atoms with Crippen LogP contribution in [0.5, 0.6) is 0 Å². The second-order valence-electron chi connectivity index (χ2n) is 12.3. The summed E-state index contributed by atoms with van der Waals surface area (Å²) >= 11 is 0. The molecule has 0 aliphatic carbocycles. The largest absolute Gasteiger partial charge is 0.394 e. The number of benzene rings is 3. The summed E-state index contributed by atoms with van der Waals surface area (Å²) in [6, 6.07) is 24.0. The van der Waals surface area contributed by atoms with Crippen molar-refractivity contribution in [3.05, 3.63) is 119 Å². The lowest BCUT2D eigenvalue weighted by Crippen LogP contribution is -2.35. The normalized spacial score (nSPS) is 18.1. The van der Waals surface area contributed by atoms with Crippen molar-refractivity contribution in [3.63, 3.8) is 0 Å². The van der Waals surface area contributed by atoms with Gasteiger partial charge in [-0.25, -0.2) is 9.07 Å². The maximum atomic E-state index is 14.0. The quantitative estimate of drug-likeness (QED) is 0.245. The SMILES string of the molecule is O=C(NCC(O)CO)c1ccc(CN2CCC(c3c(C(=O)N4CC[C@H](c5ccccc5)C4)cnn3-c3ccc(F)cc3)CC2)cc1. The summed E-state index contributed by atoms with van der Waals surface area (Å²) in [7, 11) is 0. The Morgan fingerprint density at radius 1 is 0.913 bits per heavy atom. The first-order chi connectivity index (χ1) is 22.4. The van der Waals surface area contributed by atoms with Crippen molar-refractivity contribution in [1.82, 2.24) is 24.9 Å². The van der Waals surface area contributed by atoms with Gasteiger partial charge in [0.15, 0.2) is 0 Å². The number of piperidine rings is 1. The molecule has 0 spiro atoms. The molecule has 3 N–H and O–H groups in total. The summed E-state index contributed by atoms with van der Waals surface area (Å²) in [5, 5.41) is 25.7. The number of halogens is 1. The molecule has 0 radical (unpaired) electrons. The summed E-state index contributed by atoms with van der Waals surface area (Å²) < 4.78 is 15.6. The molecule has 3 heterocycles. The van der Waals surface area contributed by atoms with E-state index >= 15 is 0 Å². The number of likely N-dealkylation sites (tertiary alicyclic amines) is 2. The fourth-order valence-corrected chi connectivity index (χ4v) is 6.58. The lowest BCUT2D eigenvalue weighted by atomic mass is 9.90. The smallest absolute Gasteiger partial charge is 0.257 e. The van der Waals surface area contributed by atoms with Gasteiger partial charge in [-0.05, 0) is 79.9 Å². The molecule has 2 atom stereocenters. The minimum Gasteiger partial charge on any atom is -0.394 e. The van der Waals surface area contributed by atoms with Crippen LogP contribution in [0, 0.1) is 5.82 Å². The first-order valence-electron chi connectivity index (χ1n) is 16.0. The number of aromatic nitrogens is 2. The minimum absolute atomic E-state index is 0.000723. The number of nitrogens with one attached hydrogen (secondary N) is 1. The highest BCUT2D eigenvalue weighted by Crippen LogP contribution is 2.35. The lowest BCUT2D eigenvalue weighted by Gasteiger charge is -2.33. The Balaban J connectivity index is 1.14. The summed E-state index contributed by atoms with van der Waals surface area (Å²) in [6.07, 6.45) is 3.31. The molecule has 9 nitrogen and oxygen atoms in total. The van der Waals surface area contributed by atoms with E-state index in [2.05, 4.69) is 27.4 Å². The van der Waals surface area contributed by atoms with E-state index in [-0.39, 0.29) is 30.1 Å². The number of rotatable bonds is 10. The van der Waals surface area contributed by atoms with Gasteiger partial charge in [-0.2, -0.15) is 5.10 Å². The molecule has 0 saturated carbocycles. The Kier molecular flexibility index (Phi) is 9.87. The summed E-state index contributed by atoms with van der Waals surface area (Å²) in [5.41, 5.74) is 5.07. The standard InChI is InChI=1S/C36H40FN5O4/c37-30-10-12-31(13-11-30)42-34(33(21-39-42)36(46)41-19-16-29(23-41)26-4-2-1-3-5-26)27-14-17-40(18-15-27)22-25-6-8-28(9-7-25)35(45)38-20-32(44)24-43/h1-13,21,27,29,32,43-44H,14-20,22-24H2,(H,38,45)/t29-,32?/m0/s1. The zero-order chi connectivity index (χ0) is 32.0. The van der Waals surface area contributed by atoms with E-state index in [0.717, 1.165) is 55.8 Å². The van der Waals surface area contributed by atoms with E-state index in [1.807, 2.05) is 39.9 Å². The van der Waals surface area contributed by atoms with Gasteiger partial charge in [-0.1, -0.05) is 42.5 Å². The predicted octanol–water partition coefficient (Wildman–Crippen LogP) is 4.10. The zero-order valence-corrected chi connectivity index (χ0v) is 25.8. The van der Waals surface area contributed by atoms with Gasteiger partial charge in [-0.15, -0.1) is 0 Å². The van der Waals surface area contributed by atoms with Crippen molar-refractivity contribution < 1.29 is 24.2 Å². The Morgan fingerprint density at radius 2 is 1.61 bits per heavy atom. The molecule has 2 aliphatic heterocycles. The molecule has 46 heavy (non-hydrogen) atoms. The molecule has 6 rings (SSSR count). The van der Waals surface area contributed by atoms with Crippen LogP contribution < -0.4 is 5.32 Å². The van der Waals surface area contributed by atoms with Gasteiger partial charge in [-0.3, -0.25) is 14.5 Å². The van der Waals surface area contributed by atoms with Crippen molar-refractivity contribution in [2.24, 2.45) is 0 Å². The van der Waals surface area contributed by atoms with Crippen molar-refractivity contribution in [3.8, 4) is 5.69 Å². The molecule has 2 aliphatic rings. The Morgan fingerprint density at radius 3 is 2.30 bits per heavy atom. The first-order valence-corrected chi connectivity index (χ1v) is 16.0. The van der Waals surface area contributed by atoms with Crippen LogP contribution in [0.1, 0.15) is 68.6 Å². The molecule has 1 aromatic heterocycles. The van der Waals surface area contributed by atoms with Crippen molar-refractivity contribution in [2.75, 3.05) is 39.3 Å². The van der Waals surface area contributed by atoms with Gasteiger partial charge in [0.1, 0.15) is 5.82 Å². The molecule has 4 aromatic rings. The Hall–Kier alpha value is -4.38. The predicted molar refractivity (Wildman–Crippen MR) is 172 cm³/mol. The second kappa shape index (κ2) is 14.4. The monoisotopic (exact) mass is 625 g/mol. The molecule has 0 bridgehead atoms. The van der Waals surface area contributed by atoms with E-state index < -0.39 is 12.7 Å². The zero-order valence-electron chi connectivity index (χ0n) is 25.8. The third-order valence-corrected chi connectivity index (χ3v) is 9.16. The first kappa shape index (κ1) is 31.6. The topological polar surface area (TPSA) is 111 Å². The number of nitrogens with zero attached hydrogens (tertiary/aromatic N) is 4. The Labute approximate surface area is 268 Å². The number of aliphatic hydroxyl groups excluding tert-OH is 2. The van der Waals surface area contributed by atoms with Gasteiger partial charge in [0.05, 0.1) is 35.9 Å². The van der Waals surface area contributed by atoms with Crippen molar-refractivity contribution >= 4 is 11.8 Å². The van der Waals surface area contributed by atoms with E-state index in [9.17, 15) is 19.1 Å². The summed E-state index contributed by atoms with van der Waals surface area (Å²) in [6.45, 7) is 3.34. The van der Waals surface area contributed by atoms with Gasteiger partial charge >= 0.3 is 0 Å². The number of aliphatic hydroxyl groups is 2. The highest BCUT2D eigenvalue weighted by Gasteiger charge is 2.34. The van der Waals surface area contributed by atoms with E-state index in [1.54, 1.807) is 30.5 Å². The number of amides is 2. The van der Waals surface area contributed by atoms with E-state index in [1.165, 1.54) is 17.7 Å². The highest BCUT2D eigenvalue weighted by atomic mass is 19.1. The molecule has 240 valence electrons. The maximum Gasteiger partial charge on any atom is 0.257 e. The third kappa shape index (κ3) is 7.20. The summed E-state index contributed by atoms with van der Waals surface area (Å²) in [4.78, 5) is 30.7. The average Bonchev–Trinajstić information content (AvgIpc) is 3.77. The van der Waals surface area contributed by atoms with Crippen molar-refractivity contribution in [1.29, 1.82) is 0 Å². The molecule has 2 fully saturated rings. The maximum absolute atomic E-state index is 14.0. The molecule has 2 saturated heterocycles. The average molecular weight is 626 g/mol. The van der Waals surface area contributed by atoms with Gasteiger partial charge in [0, 0.05) is 43.6 Å². The van der Waals surface area contributed by atoms with Crippen LogP contribution in [0.25, 0.3) is 5.69 Å². The second-order valence-corrected chi connectivity index (χ2v) is 12.3.